The Labute approximate surface area is 103 Å². The number of aryl methyl sites for hydroxylation is 2. The van der Waals surface area contributed by atoms with Crippen LogP contribution in [0.5, 0.6) is 0 Å². The van der Waals surface area contributed by atoms with Crippen LogP contribution in [-0.2, 0) is 7.05 Å². The summed E-state index contributed by atoms with van der Waals surface area (Å²) in [6.45, 7) is 2.13. The fourth-order valence-electron chi connectivity index (χ4n) is 2.29. The molecule has 16 heavy (non-hydrogen) atoms. The molecule has 0 atom stereocenters. The molecule has 0 spiro atoms. The first-order valence-corrected chi connectivity index (χ1v) is 6.10. The third-order valence-electron chi connectivity index (χ3n) is 3.13. The first-order valence-electron chi connectivity index (χ1n) is 5.31. The summed E-state index contributed by atoms with van der Waals surface area (Å²) in [4.78, 5) is 0. The Morgan fingerprint density at radius 2 is 1.56 bits per heavy atom. The number of rotatable bonds is 0. The molecule has 0 aliphatic carbocycles. The summed E-state index contributed by atoms with van der Waals surface area (Å²) < 4.78 is 3.38. The molecule has 0 fully saturated rings. The molecular weight excluding hydrogens is 262 g/mol. The molecule has 1 aromatic heterocycles. The van der Waals surface area contributed by atoms with E-state index in [0.717, 1.165) is 4.47 Å². The topological polar surface area (TPSA) is 4.93 Å². The number of benzene rings is 2. The van der Waals surface area contributed by atoms with Crippen molar-refractivity contribution in [3.63, 3.8) is 0 Å². The third-order valence-corrected chi connectivity index (χ3v) is 3.62. The summed E-state index contributed by atoms with van der Waals surface area (Å²) in [5, 5.41) is 2.65. The van der Waals surface area contributed by atoms with Crippen LogP contribution in [0.2, 0.25) is 0 Å². The predicted molar refractivity (Wildman–Crippen MR) is 72.9 cm³/mol. The molecule has 0 N–H and O–H groups in total. The first-order chi connectivity index (χ1) is 7.66. The Bertz CT molecular complexity index is 635. The maximum absolute atomic E-state index is 3.52. The molecule has 0 aliphatic rings. The second-order valence-corrected chi connectivity index (χ2v) is 5.16. The van der Waals surface area contributed by atoms with Gasteiger partial charge in [0, 0.05) is 33.3 Å². The van der Waals surface area contributed by atoms with Crippen LogP contribution in [0.1, 0.15) is 5.56 Å². The number of nitrogens with zero attached hydrogens (tertiary/aromatic N) is 1. The zero-order valence-electron chi connectivity index (χ0n) is 9.29. The molecule has 0 aliphatic heterocycles. The van der Waals surface area contributed by atoms with Crippen molar-refractivity contribution in [3.05, 3.63) is 46.4 Å². The van der Waals surface area contributed by atoms with E-state index in [1.54, 1.807) is 0 Å². The summed E-state index contributed by atoms with van der Waals surface area (Å²) in [6.07, 6.45) is 0. The van der Waals surface area contributed by atoms with Crippen molar-refractivity contribution in [2.75, 3.05) is 0 Å². The van der Waals surface area contributed by atoms with Gasteiger partial charge in [-0.15, -0.1) is 0 Å². The maximum atomic E-state index is 3.52. The van der Waals surface area contributed by atoms with Crippen molar-refractivity contribution in [1.29, 1.82) is 0 Å². The standard InChI is InChI=1S/C14H12BrN/c1-9-3-5-11-12-6-4-10(15)8-14(12)16(2)13(11)7-9/h3-8H,1-2H3. The fourth-order valence-corrected chi connectivity index (χ4v) is 2.64. The van der Waals surface area contributed by atoms with Gasteiger partial charge in [-0.1, -0.05) is 34.1 Å². The molecule has 0 amide bonds. The van der Waals surface area contributed by atoms with Crippen molar-refractivity contribution in [3.8, 4) is 0 Å². The summed E-state index contributed by atoms with van der Waals surface area (Å²) in [5.41, 5.74) is 3.88. The van der Waals surface area contributed by atoms with Crippen LogP contribution in [0.15, 0.2) is 40.9 Å². The van der Waals surface area contributed by atoms with Gasteiger partial charge in [0.1, 0.15) is 0 Å². The van der Waals surface area contributed by atoms with Crippen LogP contribution in [0.3, 0.4) is 0 Å². The quantitative estimate of drug-likeness (QED) is 0.572. The molecule has 0 radical (unpaired) electrons. The highest BCUT2D eigenvalue weighted by molar-refractivity contribution is 9.10. The van der Waals surface area contributed by atoms with Crippen molar-refractivity contribution in [2.24, 2.45) is 7.05 Å². The summed E-state index contributed by atoms with van der Waals surface area (Å²) in [6, 6.07) is 13.1. The highest BCUT2D eigenvalue weighted by Crippen LogP contribution is 2.30. The molecule has 0 saturated carbocycles. The molecule has 80 valence electrons. The summed E-state index contributed by atoms with van der Waals surface area (Å²) >= 11 is 3.52. The van der Waals surface area contributed by atoms with Gasteiger partial charge in [-0.25, -0.2) is 0 Å². The first kappa shape index (κ1) is 9.91. The van der Waals surface area contributed by atoms with Gasteiger partial charge in [0.25, 0.3) is 0 Å². The van der Waals surface area contributed by atoms with E-state index in [1.165, 1.54) is 27.4 Å². The Hall–Kier alpha value is -1.28. The molecule has 0 saturated heterocycles. The average Bonchev–Trinajstić information content (AvgIpc) is 2.53. The second-order valence-electron chi connectivity index (χ2n) is 4.24. The second kappa shape index (κ2) is 3.36. The lowest BCUT2D eigenvalue weighted by molar-refractivity contribution is 1.01. The summed E-state index contributed by atoms with van der Waals surface area (Å²) in [5.74, 6) is 0. The van der Waals surface area contributed by atoms with E-state index in [4.69, 9.17) is 0 Å². The minimum Gasteiger partial charge on any atom is -0.344 e. The average molecular weight is 274 g/mol. The number of hydrogen-bond donors (Lipinski definition) is 0. The van der Waals surface area contributed by atoms with Crippen molar-refractivity contribution >= 4 is 37.7 Å². The molecular formula is C14H12BrN. The molecule has 0 bridgehead atoms. The predicted octanol–water partition coefficient (Wildman–Crippen LogP) is 4.40. The van der Waals surface area contributed by atoms with Crippen LogP contribution in [0.25, 0.3) is 21.8 Å². The normalized spacial score (nSPS) is 11.4. The van der Waals surface area contributed by atoms with Gasteiger partial charge in [-0.05, 0) is 30.7 Å². The molecule has 2 aromatic carbocycles. The lowest BCUT2D eigenvalue weighted by Crippen LogP contribution is -1.86. The minimum absolute atomic E-state index is 1.13. The largest absolute Gasteiger partial charge is 0.344 e. The molecule has 3 rings (SSSR count). The van der Waals surface area contributed by atoms with Crippen LogP contribution in [0, 0.1) is 6.92 Å². The molecule has 2 heteroatoms. The highest BCUT2D eigenvalue weighted by Gasteiger charge is 2.07. The van der Waals surface area contributed by atoms with E-state index in [2.05, 4.69) is 70.9 Å². The zero-order valence-corrected chi connectivity index (χ0v) is 10.9. The lowest BCUT2D eigenvalue weighted by Gasteiger charge is -1.98. The molecule has 1 nitrogen and oxygen atoms in total. The van der Waals surface area contributed by atoms with Crippen molar-refractivity contribution in [1.82, 2.24) is 4.57 Å². The van der Waals surface area contributed by atoms with Crippen LogP contribution < -0.4 is 0 Å². The number of hydrogen-bond acceptors (Lipinski definition) is 0. The number of fused-ring (bicyclic) bond motifs is 3. The lowest BCUT2D eigenvalue weighted by atomic mass is 10.1. The molecule has 3 aromatic rings. The third kappa shape index (κ3) is 1.30. The van der Waals surface area contributed by atoms with E-state index in [0.29, 0.717) is 0 Å². The SMILES string of the molecule is Cc1ccc2c3ccc(Br)cc3n(C)c2c1. The van der Waals surface area contributed by atoms with Crippen molar-refractivity contribution in [2.45, 2.75) is 6.92 Å². The van der Waals surface area contributed by atoms with E-state index >= 15 is 0 Å². The maximum Gasteiger partial charge on any atom is 0.0500 e. The van der Waals surface area contributed by atoms with E-state index < -0.39 is 0 Å². The van der Waals surface area contributed by atoms with Gasteiger partial charge < -0.3 is 4.57 Å². The minimum atomic E-state index is 1.13. The highest BCUT2D eigenvalue weighted by atomic mass is 79.9. The van der Waals surface area contributed by atoms with E-state index in [9.17, 15) is 0 Å². The smallest absolute Gasteiger partial charge is 0.0500 e. The van der Waals surface area contributed by atoms with Crippen LogP contribution >= 0.6 is 15.9 Å². The summed E-state index contributed by atoms with van der Waals surface area (Å²) in [7, 11) is 2.12. The Balaban J connectivity index is 2.59. The molecule has 0 unspecified atom stereocenters. The molecule has 1 heterocycles. The number of halogens is 1. The van der Waals surface area contributed by atoms with Crippen LogP contribution in [-0.4, -0.2) is 4.57 Å². The number of aromatic nitrogens is 1. The van der Waals surface area contributed by atoms with Gasteiger partial charge >= 0.3 is 0 Å². The van der Waals surface area contributed by atoms with Gasteiger partial charge in [0.2, 0.25) is 0 Å². The van der Waals surface area contributed by atoms with Crippen molar-refractivity contribution < 1.29 is 0 Å². The van der Waals surface area contributed by atoms with Gasteiger partial charge in [0.05, 0.1) is 0 Å². The monoisotopic (exact) mass is 273 g/mol. The van der Waals surface area contributed by atoms with Crippen LogP contribution in [0.4, 0.5) is 0 Å². The Morgan fingerprint density at radius 3 is 2.31 bits per heavy atom. The Morgan fingerprint density at radius 1 is 0.938 bits per heavy atom. The van der Waals surface area contributed by atoms with E-state index in [1.807, 2.05) is 0 Å². The van der Waals surface area contributed by atoms with Gasteiger partial charge in [-0.3, -0.25) is 0 Å². The fraction of sp³-hybridized carbons (Fsp3) is 0.143. The van der Waals surface area contributed by atoms with Gasteiger partial charge in [0.15, 0.2) is 0 Å². The zero-order chi connectivity index (χ0) is 11.3. The Kier molecular flexibility index (Phi) is 2.08. The van der Waals surface area contributed by atoms with Gasteiger partial charge in [-0.2, -0.15) is 0 Å². The van der Waals surface area contributed by atoms with E-state index in [-0.39, 0.29) is 0 Å².